The predicted octanol–water partition coefficient (Wildman–Crippen LogP) is 2.01. The van der Waals surface area contributed by atoms with Gasteiger partial charge in [0.1, 0.15) is 18.1 Å². The molecule has 0 saturated heterocycles. The van der Waals surface area contributed by atoms with E-state index in [0.29, 0.717) is 19.0 Å². The minimum Gasteiger partial charge on any atom is -0.496 e. The van der Waals surface area contributed by atoms with Crippen molar-refractivity contribution in [2.75, 3.05) is 40.8 Å². The van der Waals surface area contributed by atoms with Crippen molar-refractivity contribution >= 4 is 11.9 Å². The number of nitrogens with one attached hydrogen (secondary N) is 2. The van der Waals surface area contributed by atoms with Gasteiger partial charge in [-0.05, 0) is 37.1 Å². The van der Waals surface area contributed by atoms with Gasteiger partial charge in [-0.3, -0.25) is 4.79 Å². The van der Waals surface area contributed by atoms with Gasteiger partial charge in [0.25, 0.3) is 0 Å². The Labute approximate surface area is 166 Å². The topological polar surface area (TPSA) is 79.1 Å². The van der Waals surface area contributed by atoms with E-state index in [1.807, 2.05) is 24.3 Å². The van der Waals surface area contributed by atoms with E-state index in [0.717, 1.165) is 29.9 Å². The number of hydrogen-bond acceptors (Lipinski definition) is 4. The maximum atomic E-state index is 11.9. The standard InChI is InChI=1S/C21H30N4O3/c1-16-7-8-19(27-4)17(14-16)9-11-22-21(24-15-20(26)25(2)3)23-12-10-18-6-5-13-28-18/h5-8,13-14H,9-12,15H2,1-4H3,(H2,22,23,24). The van der Waals surface area contributed by atoms with Crippen LogP contribution in [0.1, 0.15) is 16.9 Å². The van der Waals surface area contributed by atoms with Crippen LogP contribution in [0, 0.1) is 6.92 Å². The van der Waals surface area contributed by atoms with E-state index in [-0.39, 0.29) is 12.5 Å². The highest BCUT2D eigenvalue weighted by Crippen LogP contribution is 2.19. The molecule has 2 N–H and O–H groups in total. The molecule has 0 radical (unpaired) electrons. The Bertz CT molecular complexity index is 770. The predicted molar refractivity (Wildman–Crippen MR) is 111 cm³/mol. The third-order valence-corrected chi connectivity index (χ3v) is 4.24. The zero-order chi connectivity index (χ0) is 20.4. The quantitative estimate of drug-likeness (QED) is 0.509. The van der Waals surface area contributed by atoms with Crippen LogP contribution >= 0.6 is 0 Å². The number of likely N-dealkylation sites (N-methyl/N-ethyl adjacent to an activating group) is 1. The highest BCUT2D eigenvalue weighted by Gasteiger charge is 2.07. The molecule has 0 aliphatic rings. The van der Waals surface area contributed by atoms with Gasteiger partial charge in [0.05, 0.1) is 13.4 Å². The van der Waals surface area contributed by atoms with Crippen LogP contribution < -0.4 is 15.4 Å². The Morgan fingerprint density at radius 2 is 1.93 bits per heavy atom. The minimum absolute atomic E-state index is 0.0486. The molecule has 2 rings (SSSR count). The number of ether oxygens (including phenoxy) is 1. The number of hydrogen-bond donors (Lipinski definition) is 2. The number of benzene rings is 1. The van der Waals surface area contributed by atoms with Crippen molar-refractivity contribution in [1.29, 1.82) is 0 Å². The van der Waals surface area contributed by atoms with E-state index in [1.54, 1.807) is 27.5 Å². The van der Waals surface area contributed by atoms with Crippen molar-refractivity contribution < 1.29 is 13.9 Å². The van der Waals surface area contributed by atoms with Gasteiger partial charge in [0.2, 0.25) is 5.91 Å². The molecule has 7 nitrogen and oxygen atoms in total. The number of aliphatic imine (C=N–C) groups is 1. The Morgan fingerprint density at radius 3 is 2.57 bits per heavy atom. The second-order valence-electron chi connectivity index (χ2n) is 6.70. The molecular weight excluding hydrogens is 356 g/mol. The van der Waals surface area contributed by atoms with Crippen LogP contribution in [0.15, 0.2) is 46.0 Å². The first-order chi connectivity index (χ1) is 13.5. The number of nitrogens with zero attached hydrogens (tertiary/aromatic N) is 2. The molecule has 0 unspecified atom stereocenters. The molecule has 152 valence electrons. The molecule has 0 spiro atoms. The summed E-state index contributed by atoms with van der Waals surface area (Å²) in [6.07, 6.45) is 3.18. The van der Waals surface area contributed by atoms with Gasteiger partial charge in [-0.15, -0.1) is 0 Å². The van der Waals surface area contributed by atoms with E-state index in [9.17, 15) is 4.79 Å². The number of aryl methyl sites for hydroxylation is 1. The normalized spacial score (nSPS) is 11.2. The molecule has 0 aliphatic carbocycles. The zero-order valence-electron chi connectivity index (χ0n) is 17.1. The number of furan rings is 1. The van der Waals surface area contributed by atoms with Gasteiger partial charge < -0.3 is 24.7 Å². The second-order valence-corrected chi connectivity index (χ2v) is 6.70. The maximum absolute atomic E-state index is 11.9. The summed E-state index contributed by atoms with van der Waals surface area (Å²) in [5.41, 5.74) is 2.33. The van der Waals surface area contributed by atoms with E-state index in [2.05, 4.69) is 28.6 Å². The first-order valence-electron chi connectivity index (χ1n) is 9.38. The van der Waals surface area contributed by atoms with Crippen molar-refractivity contribution in [3.05, 3.63) is 53.5 Å². The fourth-order valence-corrected chi connectivity index (χ4v) is 2.64. The summed E-state index contributed by atoms with van der Waals surface area (Å²) in [5.74, 6) is 2.33. The fourth-order valence-electron chi connectivity index (χ4n) is 2.64. The second kappa shape index (κ2) is 11.0. The van der Waals surface area contributed by atoms with Crippen LogP contribution in [0.4, 0.5) is 0 Å². The summed E-state index contributed by atoms with van der Waals surface area (Å²) in [4.78, 5) is 17.8. The molecule has 1 aromatic carbocycles. The minimum atomic E-state index is -0.0486. The highest BCUT2D eigenvalue weighted by atomic mass is 16.5. The Hall–Kier alpha value is -2.96. The molecule has 0 bridgehead atoms. The van der Waals surface area contributed by atoms with Crippen LogP contribution in [-0.4, -0.2) is 57.6 Å². The molecule has 0 saturated carbocycles. The average Bonchev–Trinajstić information content (AvgIpc) is 3.19. The van der Waals surface area contributed by atoms with Crippen LogP contribution in [0.25, 0.3) is 0 Å². The lowest BCUT2D eigenvalue weighted by atomic mass is 10.1. The molecule has 28 heavy (non-hydrogen) atoms. The molecular formula is C21H30N4O3. The SMILES string of the molecule is COc1ccc(C)cc1CCNC(=NCC(=O)N(C)C)NCCc1ccco1. The van der Waals surface area contributed by atoms with E-state index in [1.165, 1.54) is 10.5 Å². The lowest BCUT2D eigenvalue weighted by Gasteiger charge is -2.14. The van der Waals surface area contributed by atoms with Crippen LogP contribution in [0.3, 0.4) is 0 Å². The summed E-state index contributed by atoms with van der Waals surface area (Å²) < 4.78 is 10.8. The Kier molecular flexibility index (Phi) is 8.39. The molecule has 7 heteroatoms. The number of carbonyl (C=O) groups is 1. The number of amides is 1. The Morgan fingerprint density at radius 1 is 1.18 bits per heavy atom. The smallest absolute Gasteiger partial charge is 0.243 e. The van der Waals surface area contributed by atoms with Gasteiger partial charge in [-0.2, -0.15) is 0 Å². The molecule has 1 aromatic heterocycles. The summed E-state index contributed by atoms with van der Waals surface area (Å²) in [6, 6.07) is 9.94. The van der Waals surface area contributed by atoms with Gasteiger partial charge in [-0.25, -0.2) is 4.99 Å². The third kappa shape index (κ3) is 6.98. The van der Waals surface area contributed by atoms with Crippen molar-refractivity contribution in [1.82, 2.24) is 15.5 Å². The van der Waals surface area contributed by atoms with Crippen LogP contribution in [0.2, 0.25) is 0 Å². The molecule has 1 amide bonds. The van der Waals surface area contributed by atoms with E-state index >= 15 is 0 Å². The average molecular weight is 386 g/mol. The lowest BCUT2D eigenvalue weighted by molar-refractivity contribution is -0.127. The van der Waals surface area contributed by atoms with Crippen molar-refractivity contribution in [2.45, 2.75) is 19.8 Å². The van der Waals surface area contributed by atoms with Crippen molar-refractivity contribution in [3.63, 3.8) is 0 Å². The molecule has 2 aromatic rings. The van der Waals surface area contributed by atoms with E-state index < -0.39 is 0 Å². The number of methoxy groups -OCH3 is 1. The van der Waals surface area contributed by atoms with E-state index in [4.69, 9.17) is 9.15 Å². The number of rotatable bonds is 9. The summed E-state index contributed by atoms with van der Waals surface area (Å²) >= 11 is 0. The summed E-state index contributed by atoms with van der Waals surface area (Å²) in [5, 5.41) is 6.55. The first-order valence-corrected chi connectivity index (χ1v) is 9.38. The largest absolute Gasteiger partial charge is 0.496 e. The lowest BCUT2D eigenvalue weighted by Crippen LogP contribution is -2.40. The maximum Gasteiger partial charge on any atom is 0.243 e. The third-order valence-electron chi connectivity index (χ3n) is 4.24. The fraction of sp³-hybridized carbons (Fsp3) is 0.429. The molecule has 0 aliphatic heterocycles. The van der Waals surface area contributed by atoms with Crippen LogP contribution in [0.5, 0.6) is 5.75 Å². The molecule has 1 heterocycles. The van der Waals surface area contributed by atoms with Crippen molar-refractivity contribution in [3.8, 4) is 5.75 Å². The zero-order valence-corrected chi connectivity index (χ0v) is 17.1. The summed E-state index contributed by atoms with van der Waals surface area (Å²) in [6.45, 7) is 3.48. The van der Waals surface area contributed by atoms with Crippen molar-refractivity contribution in [2.24, 2.45) is 4.99 Å². The number of carbonyl (C=O) groups excluding carboxylic acids is 1. The molecule has 0 fully saturated rings. The highest BCUT2D eigenvalue weighted by molar-refractivity contribution is 5.84. The molecule has 0 atom stereocenters. The van der Waals surface area contributed by atoms with Gasteiger partial charge in [-0.1, -0.05) is 17.7 Å². The van der Waals surface area contributed by atoms with Crippen LogP contribution in [-0.2, 0) is 17.6 Å². The van der Waals surface area contributed by atoms with Gasteiger partial charge >= 0.3 is 0 Å². The van der Waals surface area contributed by atoms with Gasteiger partial charge in [0.15, 0.2) is 5.96 Å². The van der Waals surface area contributed by atoms with Gasteiger partial charge in [0, 0.05) is 33.6 Å². The first kappa shape index (κ1) is 21.3. The Balaban J connectivity index is 1.93. The monoisotopic (exact) mass is 386 g/mol. The number of guanidine groups is 1. The summed E-state index contributed by atoms with van der Waals surface area (Å²) in [7, 11) is 5.12.